The van der Waals surface area contributed by atoms with Crippen molar-refractivity contribution in [3.8, 4) is 0 Å². The van der Waals surface area contributed by atoms with Gasteiger partial charge in [0.15, 0.2) is 0 Å². The summed E-state index contributed by atoms with van der Waals surface area (Å²) in [6.45, 7) is -0.217. The van der Waals surface area contributed by atoms with E-state index in [1.165, 1.54) is 25.2 Å². The van der Waals surface area contributed by atoms with Crippen molar-refractivity contribution < 1.29 is 19.5 Å². The number of hydrogen-bond donors (Lipinski definition) is 4. The number of carboxylic acids is 1. The summed E-state index contributed by atoms with van der Waals surface area (Å²) in [4.78, 5) is 33.4. The lowest BCUT2D eigenvalue weighted by molar-refractivity contribution is -0.119. The Morgan fingerprint density at radius 3 is 2.58 bits per heavy atom. The largest absolute Gasteiger partial charge is 0.478 e. The second-order valence-corrected chi connectivity index (χ2v) is 3.86. The number of nitrogens with one attached hydrogen (secondary N) is 3. The molecule has 3 amide bonds. The van der Waals surface area contributed by atoms with E-state index in [-0.39, 0.29) is 28.7 Å². The van der Waals surface area contributed by atoms with Crippen LogP contribution in [0.25, 0.3) is 0 Å². The topological polar surface area (TPSA) is 108 Å². The summed E-state index contributed by atoms with van der Waals surface area (Å²) < 4.78 is 0. The number of hydrogen-bond acceptors (Lipinski definition) is 3. The summed E-state index contributed by atoms with van der Waals surface area (Å²) in [5, 5.41) is 15.9. The summed E-state index contributed by atoms with van der Waals surface area (Å²) in [6, 6.07) is 3.60. The summed E-state index contributed by atoms with van der Waals surface area (Å²) in [6.07, 6.45) is 0. The van der Waals surface area contributed by atoms with Crippen LogP contribution in [-0.4, -0.2) is 36.6 Å². The SMILES string of the molecule is CNC(=O)CNC(=O)Nc1cccc(Cl)c1C(=O)O. The van der Waals surface area contributed by atoms with Crippen LogP contribution in [0.2, 0.25) is 5.02 Å². The number of aromatic carboxylic acids is 1. The number of rotatable bonds is 4. The summed E-state index contributed by atoms with van der Waals surface area (Å²) >= 11 is 5.74. The maximum absolute atomic E-state index is 11.5. The standard InChI is InChI=1S/C11H12ClN3O4/c1-13-8(16)5-14-11(19)15-7-4-2-3-6(12)9(7)10(17)18/h2-4H,5H2,1H3,(H,13,16)(H,17,18)(H2,14,15,19). The predicted octanol–water partition coefficient (Wildman–Crippen LogP) is 0.906. The Morgan fingerprint density at radius 1 is 1.32 bits per heavy atom. The highest BCUT2D eigenvalue weighted by molar-refractivity contribution is 6.34. The van der Waals surface area contributed by atoms with E-state index < -0.39 is 12.0 Å². The van der Waals surface area contributed by atoms with Gasteiger partial charge in [-0.25, -0.2) is 9.59 Å². The number of benzene rings is 1. The molecule has 8 heteroatoms. The molecule has 0 spiro atoms. The fourth-order valence-electron chi connectivity index (χ4n) is 1.26. The van der Waals surface area contributed by atoms with Gasteiger partial charge in [-0.15, -0.1) is 0 Å². The molecule has 4 N–H and O–H groups in total. The number of anilines is 1. The number of carbonyl (C=O) groups is 3. The number of carboxylic acid groups (broad SMARTS) is 1. The zero-order chi connectivity index (χ0) is 14.4. The van der Waals surface area contributed by atoms with Crippen molar-refractivity contribution in [2.24, 2.45) is 0 Å². The van der Waals surface area contributed by atoms with Crippen LogP contribution in [0.1, 0.15) is 10.4 Å². The van der Waals surface area contributed by atoms with Gasteiger partial charge < -0.3 is 21.1 Å². The molecule has 0 aliphatic heterocycles. The molecule has 1 aromatic carbocycles. The fraction of sp³-hybridized carbons (Fsp3) is 0.182. The normalized spacial score (nSPS) is 9.58. The smallest absolute Gasteiger partial charge is 0.339 e. The minimum absolute atomic E-state index is 0.0107. The second-order valence-electron chi connectivity index (χ2n) is 3.45. The Hall–Kier alpha value is -2.28. The predicted molar refractivity (Wildman–Crippen MR) is 69.5 cm³/mol. The molecule has 0 atom stereocenters. The Kier molecular flexibility index (Phi) is 5.13. The van der Waals surface area contributed by atoms with Crippen LogP contribution in [0.4, 0.5) is 10.5 Å². The van der Waals surface area contributed by atoms with Crippen LogP contribution in [0, 0.1) is 0 Å². The fourth-order valence-corrected chi connectivity index (χ4v) is 1.52. The molecule has 19 heavy (non-hydrogen) atoms. The summed E-state index contributed by atoms with van der Waals surface area (Å²) in [7, 11) is 1.43. The number of likely N-dealkylation sites (N-methyl/N-ethyl adjacent to an activating group) is 1. The lowest BCUT2D eigenvalue weighted by Gasteiger charge is -2.10. The molecule has 0 aliphatic carbocycles. The number of urea groups is 1. The minimum atomic E-state index is -1.26. The van der Waals surface area contributed by atoms with Crippen LogP contribution in [0.3, 0.4) is 0 Å². The third kappa shape index (κ3) is 4.14. The monoisotopic (exact) mass is 285 g/mol. The molecule has 0 saturated heterocycles. The second kappa shape index (κ2) is 6.60. The number of amides is 3. The number of carbonyl (C=O) groups excluding carboxylic acids is 2. The van der Waals surface area contributed by atoms with E-state index in [0.29, 0.717) is 0 Å². The lowest BCUT2D eigenvalue weighted by atomic mass is 10.2. The number of halogens is 1. The van der Waals surface area contributed by atoms with E-state index in [1.54, 1.807) is 0 Å². The van der Waals surface area contributed by atoms with Crippen LogP contribution < -0.4 is 16.0 Å². The first kappa shape index (κ1) is 14.8. The van der Waals surface area contributed by atoms with Gasteiger partial charge in [0.25, 0.3) is 0 Å². The van der Waals surface area contributed by atoms with Gasteiger partial charge in [0, 0.05) is 7.05 Å². The molecule has 0 radical (unpaired) electrons. The van der Waals surface area contributed by atoms with E-state index in [1.807, 2.05) is 0 Å². The molecule has 1 aromatic rings. The molecule has 0 aliphatic rings. The van der Waals surface area contributed by atoms with Gasteiger partial charge in [-0.1, -0.05) is 17.7 Å². The summed E-state index contributed by atoms with van der Waals surface area (Å²) in [5.74, 6) is -1.63. The van der Waals surface area contributed by atoms with Crippen LogP contribution in [0.15, 0.2) is 18.2 Å². The van der Waals surface area contributed by atoms with Crippen molar-refractivity contribution in [1.29, 1.82) is 0 Å². The van der Waals surface area contributed by atoms with Crippen LogP contribution in [0.5, 0.6) is 0 Å². The van der Waals surface area contributed by atoms with Crippen molar-refractivity contribution in [3.63, 3.8) is 0 Å². The van der Waals surface area contributed by atoms with E-state index in [4.69, 9.17) is 16.7 Å². The molecule has 0 bridgehead atoms. The zero-order valence-electron chi connectivity index (χ0n) is 9.99. The molecule has 0 saturated carbocycles. The molecule has 102 valence electrons. The van der Waals surface area contributed by atoms with Crippen molar-refractivity contribution in [2.75, 3.05) is 18.9 Å². The lowest BCUT2D eigenvalue weighted by Crippen LogP contribution is -2.37. The van der Waals surface area contributed by atoms with Crippen molar-refractivity contribution in [1.82, 2.24) is 10.6 Å². The molecular weight excluding hydrogens is 274 g/mol. The highest BCUT2D eigenvalue weighted by atomic mass is 35.5. The van der Waals surface area contributed by atoms with Gasteiger partial charge in [-0.3, -0.25) is 4.79 Å². The van der Waals surface area contributed by atoms with E-state index in [2.05, 4.69) is 16.0 Å². The third-order valence-electron chi connectivity index (χ3n) is 2.16. The molecule has 0 unspecified atom stereocenters. The molecular formula is C11H12ClN3O4. The Balaban J connectivity index is 2.77. The maximum atomic E-state index is 11.5. The Bertz CT molecular complexity index is 519. The van der Waals surface area contributed by atoms with Crippen LogP contribution >= 0.6 is 11.6 Å². The zero-order valence-corrected chi connectivity index (χ0v) is 10.7. The highest BCUT2D eigenvalue weighted by Gasteiger charge is 2.16. The first-order chi connectivity index (χ1) is 8.95. The van der Waals surface area contributed by atoms with E-state index in [9.17, 15) is 14.4 Å². The molecule has 7 nitrogen and oxygen atoms in total. The van der Waals surface area contributed by atoms with E-state index >= 15 is 0 Å². The van der Waals surface area contributed by atoms with Crippen molar-refractivity contribution in [3.05, 3.63) is 28.8 Å². The van der Waals surface area contributed by atoms with Gasteiger partial charge >= 0.3 is 12.0 Å². The van der Waals surface area contributed by atoms with Gasteiger partial charge in [-0.2, -0.15) is 0 Å². The van der Waals surface area contributed by atoms with Gasteiger partial charge in [0.05, 0.1) is 17.3 Å². The molecule has 0 heterocycles. The highest BCUT2D eigenvalue weighted by Crippen LogP contribution is 2.24. The Labute approximate surface area is 113 Å². The van der Waals surface area contributed by atoms with Crippen LogP contribution in [-0.2, 0) is 4.79 Å². The average molecular weight is 286 g/mol. The minimum Gasteiger partial charge on any atom is -0.478 e. The molecule has 0 aromatic heterocycles. The molecule has 0 fully saturated rings. The first-order valence-electron chi connectivity index (χ1n) is 5.23. The Morgan fingerprint density at radius 2 is 2.00 bits per heavy atom. The van der Waals surface area contributed by atoms with Gasteiger partial charge in [0.1, 0.15) is 5.56 Å². The molecule has 1 rings (SSSR count). The maximum Gasteiger partial charge on any atom is 0.339 e. The first-order valence-corrected chi connectivity index (χ1v) is 5.60. The summed E-state index contributed by atoms with van der Waals surface area (Å²) in [5.41, 5.74) is -0.159. The van der Waals surface area contributed by atoms with E-state index in [0.717, 1.165) is 0 Å². The van der Waals surface area contributed by atoms with Gasteiger partial charge in [0.2, 0.25) is 5.91 Å². The third-order valence-corrected chi connectivity index (χ3v) is 2.48. The average Bonchev–Trinajstić information content (AvgIpc) is 2.35. The van der Waals surface area contributed by atoms with Crippen molar-refractivity contribution >= 4 is 35.2 Å². The van der Waals surface area contributed by atoms with Crippen molar-refractivity contribution in [2.45, 2.75) is 0 Å². The van der Waals surface area contributed by atoms with Gasteiger partial charge in [-0.05, 0) is 12.1 Å². The quantitative estimate of drug-likeness (QED) is 0.659.